The van der Waals surface area contributed by atoms with Crippen LogP contribution in [0.2, 0.25) is 0 Å². The topological polar surface area (TPSA) is 88.9 Å². The van der Waals surface area contributed by atoms with Crippen LogP contribution in [0.25, 0.3) is 10.9 Å². The van der Waals surface area contributed by atoms with E-state index in [9.17, 15) is 4.79 Å². The van der Waals surface area contributed by atoms with Crippen molar-refractivity contribution in [1.29, 1.82) is 0 Å². The average molecular weight is 439 g/mol. The van der Waals surface area contributed by atoms with Crippen LogP contribution in [0.3, 0.4) is 0 Å². The summed E-state index contributed by atoms with van der Waals surface area (Å²) in [6, 6.07) is 6.74. The van der Waals surface area contributed by atoms with Crippen molar-refractivity contribution in [1.82, 2.24) is 30.1 Å². The van der Waals surface area contributed by atoms with Gasteiger partial charge in [-0.1, -0.05) is 19.8 Å². The van der Waals surface area contributed by atoms with E-state index in [0.29, 0.717) is 25.7 Å². The number of aromatic amines is 1. The maximum atomic E-state index is 13.0. The van der Waals surface area contributed by atoms with Gasteiger partial charge in [-0.25, -0.2) is 4.68 Å². The molecule has 2 heterocycles. The summed E-state index contributed by atoms with van der Waals surface area (Å²) in [5.74, 6) is 0.847. The summed E-state index contributed by atoms with van der Waals surface area (Å²) in [4.78, 5) is 18.6. The third kappa shape index (κ3) is 4.61. The molecule has 32 heavy (non-hydrogen) atoms. The Morgan fingerprint density at radius 3 is 2.69 bits per heavy atom. The van der Waals surface area contributed by atoms with Crippen molar-refractivity contribution >= 4 is 10.9 Å². The molecule has 0 bridgehead atoms. The lowest BCUT2D eigenvalue weighted by Crippen LogP contribution is -2.39. The zero-order valence-corrected chi connectivity index (χ0v) is 19.6. The second-order valence-corrected chi connectivity index (χ2v) is 8.94. The minimum Gasteiger partial charge on any atom is -0.383 e. The standard InChI is InChI=1S/C24H34N6O2/c1-5-22(23-26-27-28-30(23)10-11-32-4)29(20-8-6-7-9-20)15-19-14-18-12-16(2)17(3)13-21(18)25-24(19)31/h12-14,20,22H,5-11,15H2,1-4H3,(H,25,31). The molecule has 1 unspecified atom stereocenters. The fourth-order valence-corrected chi connectivity index (χ4v) is 4.92. The number of ether oxygens (including phenoxy) is 1. The predicted molar refractivity (Wildman–Crippen MR) is 125 cm³/mol. The number of H-pyrrole nitrogens is 1. The van der Waals surface area contributed by atoms with Gasteiger partial charge < -0.3 is 9.72 Å². The number of fused-ring (bicyclic) bond motifs is 1. The number of nitrogens with one attached hydrogen (secondary N) is 1. The third-order valence-electron chi connectivity index (χ3n) is 6.83. The molecule has 0 amide bonds. The molecule has 1 aliphatic carbocycles. The van der Waals surface area contributed by atoms with Gasteiger partial charge in [-0.3, -0.25) is 9.69 Å². The summed E-state index contributed by atoms with van der Waals surface area (Å²) in [6.07, 6.45) is 5.59. The van der Waals surface area contributed by atoms with Crippen LogP contribution in [0, 0.1) is 13.8 Å². The molecule has 4 rings (SSSR count). The molecule has 1 fully saturated rings. The lowest BCUT2D eigenvalue weighted by Gasteiger charge is -2.35. The lowest BCUT2D eigenvalue weighted by molar-refractivity contribution is 0.109. The molecular weight excluding hydrogens is 404 g/mol. The number of pyridine rings is 1. The SMILES string of the molecule is CCC(c1nnnn1CCOC)N(Cc1cc2cc(C)c(C)cc2[nH]c1=O)C1CCCC1. The molecule has 1 aliphatic rings. The average Bonchev–Trinajstić information content (AvgIpc) is 3.46. The fraction of sp³-hybridized carbons (Fsp3) is 0.583. The van der Waals surface area contributed by atoms with E-state index < -0.39 is 0 Å². The number of aryl methyl sites for hydroxylation is 2. The number of benzene rings is 1. The number of tetrazole rings is 1. The van der Waals surface area contributed by atoms with Crippen molar-refractivity contribution in [3.63, 3.8) is 0 Å². The van der Waals surface area contributed by atoms with Crippen LogP contribution in [0.5, 0.6) is 0 Å². The molecule has 0 radical (unpaired) electrons. The Bertz CT molecular complexity index is 1120. The van der Waals surface area contributed by atoms with E-state index in [0.717, 1.165) is 41.6 Å². The van der Waals surface area contributed by atoms with E-state index in [2.05, 4.69) is 64.4 Å². The van der Waals surface area contributed by atoms with Crippen molar-refractivity contribution in [2.24, 2.45) is 0 Å². The van der Waals surface area contributed by atoms with Crippen molar-refractivity contribution in [3.8, 4) is 0 Å². The van der Waals surface area contributed by atoms with E-state index in [-0.39, 0.29) is 11.6 Å². The Morgan fingerprint density at radius 1 is 1.22 bits per heavy atom. The molecule has 1 atom stereocenters. The zero-order chi connectivity index (χ0) is 22.7. The van der Waals surface area contributed by atoms with Gasteiger partial charge in [-0.2, -0.15) is 0 Å². The lowest BCUT2D eigenvalue weighted by atomic mass is 10.0. The molecule has 0 saturated heterocycles. The summed E-state index contributed by atoms with van der Waals surface area (Å²) in [6.45, 7) is 8.10. The van der Waals surface area contributed by atoms with Crippen molar-refractivity contribution < 1.29 is 4.74 Å². The van der Waals surface area contributed by atoms with Crippen LogP contribution in [0.4, 0.5) is 0 Å². The number of hydrogen-bond donors (Lipinski definition) is 1. The molecule has 0 spiro atoms. The van der Waals surface area contributed by atoms with Crippen LogP contribution in [0.15, 0.2) is 23.0 Å². The van der Waals surface area contributed by atoms with Crippen molar-refractivity contribution in [2.75, 3.05) is 13.7 Å². The van der Waals surface area contributed by atoms with Gasteiger partial charge in [0.1, 0.15) is 0 Å². The summed E-state index contributed by atoms with van der Waals surface area (Å²) in [5.41, 5.74) is 4.08. The number of hydrogen-bond acceptors (Lipinski definition) is 6. The smallest absolute Gasteiger partial charge is 0.252 e. The van der Waals surface area contributed by atoms with Gasteiger partial charge in [0.15, 0.2) is 5.82 Å². The Morgan fingerprint density at radius 2 is 1.97 bits per heavy atom. The van der Waals surface area contributed by atoms with E-state index in [1.54, 1.807) is 7.11 Å². The normalized spacial score (nSPS) is 15.8. The molecule has 8 heteroatoms. The van der Waals surface area contributed by atoms with Crippen molar-refractivity contribution in [2.45, 2.75) is 78.0 Å². The number of nitrogens with zero attached hydrogens (tertiary/aromatic N) is 5. The monoisotopic (exact) mass is 438 g/mol. The number of aromatic nitrogens is 5. The van der Waals surface area contributed by atoms with Gasteiger partial charge in [-0.15, -0.1) is 5.10 Å². The summed E-state index contributed by atoms with van der Waals surface area (Å²) in [7, 11) is 1.68. The van der Waals surface area contributed by atoms with Gasteiger partial charge in [0.2, 0.25) is 0 Å². The summed E-state index contributed by atoms with van der Waals surface area (Å²) in [5, 5.41) is 13.6. The number of methoxy groups -OCH3 is 1. The van der Waals surface area contributed by atoms with Crippen LogP contribution >= 0.6 is 0 Å². The van der Waals surface area contributed by atoms with Gasteiger partial charge in [-0.05, 0) is 78.2 Å². The van der Waals surface area contributed by atoms with Gasteiger partial charge in [0, 0.05) is 30.8 Å². The molecule has 8 nitrogen and oxygen atoms in total. The van der Waals surface area contributed by atoms with Gasteiger partial charge in [0.05, 0.1) is 19.2 Å². The number of rotatable bonds is 9. The highest BCUT2D eigenvalue weighted by Crippen LogP contribution is 2.33. The minimum atomic E-state index is -0.0161. The molecule has 0 aliphatic heterocycles. The Labute approximate surface area is 189 Å². The van der Waals surface area contributed by atoms with Crippen LogP contribution < -0.4 is 5.56 Å². The second kappa shape index (κ2) is 9.92. The Kier molecular flexibility index (Phi) is 7.01. The highest BCUT2D eigenvalue weighted by molar-refractivity contribution is 5.80. The predicted octanol–water partition coefficient (Wildman–Crippen LogP) is 3.67. The van der Waals surface area contributed by atoms with Crippen molar-refractivity contribution in [3.05, 3.63) is 51.1 Å². The first-order valence-corrected chi connectivity index (χ1v) is 11.7. The van der Waals surface area contributed by atoms with E-state index >= 15 is 0 Å². The summed E-state index contributed by atoms with van der Waals surface area (Å²) < 4.78 is 7.08. The first kappa shape index (κ1) is 22.6. The Hall–Kier alpha value is -2.58. The molecule has 2 aromatic heterocycles. The first-order valence-electron chi connectivity index (χ1n) is 11.7. The van der Waals surface area contributed by atoms with Gasteiger partial charge in [0.25, 0.3) is 5.56 Å². The molecule has 3 aromatic rings. The maximum absolute atomic E-state index is 13.0. The molecule has 172 valence electrons. The van der Waals surface area contributed by atoms with Crippen LogP contribution in [-0.2, 0) is 17.8 Å². The quantitative estimate of drug-likeness (QED) is 0.548. The summed E-state index contributed by atoms with van der Waals surface area (Å²) >= 11 is 0. The first-order chi connectivity index (χ1) is 15.5. The third-order valence-corrected chi connectivity index (χ3v) is 6.83. The molecule has 1 saturated carbocycles. The molecule has 1 N–H and O–H groups in total. The van der Waals surface area contributed by atoms with Crippen LogP contribution in [-0.4, -0.2) is 49.8 Å². The van der Waals surface area contributed by atoms with E-state index in [1.165, 1.54) is 24.0 Å². The van der Waals surface area contributed by atoms with Gasteiger partial charge >= 0.3 is 0 Å². The Balaban J connectivity index is 1.71. The molecule has 1 aromatic carbocycles. The minimum absolute atomic E-state index is 0.0161. The fourth-order valence-electron chi connectivity index (χ4n) is 4.92. The van der Waals surface area contributed by atoms with E-state index in [1.807, 2.05) is 4.68 Å². The second-order valence-electron chi connectivity index (χ2n) is 8.94. The molecular formula is C24H34N6O2. The van der Waals surface area contributed by atoms with Crippen LogP contribution in [0.1, 0.15) is 67.6 Å². The highest BCUT2D eigenvalue weighted by atomic mass is 16.5. The highest BCUT2D eigenvalue weighted by Gasteiger charge is 2.32. The van der Waals surface area contributed by atoms with E-state index in [4.69, 9.17) is 4.74 Å². The zero-order valence-electron chi connectivity index (χ0n) is 19.6. The maximum Gasteiger partial charge on any atom is 0.252 e. The largest absolute Gasteiger partial charge is 0.383 e.